The molecule has 0 bridgehead atoms. The molecule has 2 atom stereocenters. The maximum absolute atomic E-state index is 9.82. The van der Waals surface area contributed by atoms with E-state index >= 15 is 0 Å². The molecule has 47 heavy (non-hydrogen) atoms. The quantitative estimate of drug-likeness (QED) is 0.200. The summed E-state index contributed by atoms with van der Waals surface area (Å²) in [5.74, 6) is 0.453. The highest BCUT2D eigenvalue weighted by Gasteiger charge is 2.36. The summed E-state index contributed by atoms with van der Waals surface area (Å²) < 4.78 is 2.46. The van der Waals surface area contributed by atoms with Crippen molar-refractivity contribution in [3.63, 3.8) is 0 Å². The molecule has 5 aromatic carbocycles. The van der Waals surface area contributed by atoms with Crippen LogP contribution in [0, 0.1) is 17.2 Å². The highest BCUT2D eigenvalue weighted by molar-refractivity contribution is 6.16. The standard InChI is InChI=1S/C44H35N3/c1-29-12-10-13-31(26-29)46-43-25-24-30(28-45)27-39(43)38-20-11-19-37(44(38)46)33-15-3-2-14-32(33)34-16-4-7-21-40(34)47-41-22-8-5-17-35(41)36-18-6-9-23-42(36)47/h2-5,7-8,10-22,24-25,27,29,42H,6,9,23,26H2,1H3. The van der Waals surface area contributed by atoms with E-state index in [9.17, 15) is 5.26 Å². The molecule has 3 aliphatic rings. The van der Waals surface area contributed by atoms with E-state index in [1.807, 2.05) is 6.07 Å². The van der Waals surface area contributed by atoms with Gasteiger partial charge in [-0.25, -0.2) is 0 Å². The molecule has 9 rings (SSSR count). The minimum atomic E-state index is 0.350. The van der Waals surface area contributed by atoms with Gasteiger partial charge in [0.2, 0.25) is 0 Å². The Kier molecular flexibility index (Phi) is 6.50. The second kappa shape index (κ2) is 11.0. The van der Waals surface area contributed by atoms with Crippen LogP contribution in [0.15, 0.2) is 133 Å². The van der Waals surface area contributed by atoms with Crippen molar-refractivity contribution in [1.82, 2.24) is 4.57 Å². The van der Waals surface area contributed by atoms with E-state index in [0.29, 0.717) is 17.5 Å². The third-order valence-corrected chi connectivity index (χ3v) is 10.3. The molecule has 0 radical (unpaired) electrons. The highest BCUT2D eigenvalue weighted by atomic mass is 15.2. The van der Waals surface area contributed by atoms with Gasteiger partial charge in [0.1, 0.15) is 0 Å². The van der Waals surface area contributed by atoms with Gasteiger partial charge in [-0.3, -0.25) is 0 Å². The molecule has 0 saturated carbocycles. The lowest BCUT2D eigenvalue weighted by Crippen LogP contribution is -2.28. The van der Waals surface area contributed by atoms with Crippen LogP contribution < -0.4 is 4.90 Å². The molecule has 3 heteroatoms. The van der Waals surface area contributed by atoms with Crippen molar-refractivity contribution >= 4 is 44.5 Å². The third-order valence-electron chi connectivity index (χ3n) is 10.3. The predicted octanol–water partition coefficient (Wildman–Crippen LogP) is 11.5. The molecule has 3 nitrogen and oxygen atoms in total. The van der Waals surface area contributed by atoms with Gasteiger partial charge in [0.15, 0.2) is 0 Å². The van der Waals surface area contributed by atoms with Crippen molar-refractivity contribution in [3.8, 4) is 28.3 Å². The Hall–Kier alpha value is -5.59. The maximum Gasteiger partial charge on any atom is 0.0991 e. The lowest BCUT2D eigenvalue weighted by Gasteiger charge is -2.32. The maximum atomic E-state index is 9.82. The number of hydrogen-bond donors (Lipinski definition) is 0. The number of hydrogen-bond acceptors (Lipinski definition) is 2. The fourth-order valence-corrected chi connectivity index (χ4v) is 8.32. The molecule has 6 aromatic rings. The molecule has 0 amide bonds. The van der Waals surface area contributed by atoms with Gasteiger partial charge in [0, 0.05) is 44.5 Å². The summed E-state index contributed by atoms with van der Waals surface area (Å²) in [5, 5.41) is 12.1. The lowest BCUT2D eigenvalue weighted by molar-refractivity contribution is 0.659. The molecule has 2 unspecified atom stereocenters. The SMILES string of the molecule is CC1C=CC=C(n2c3ccc(C#N)cc3c3cccc(-c4ccccc4-c4ccccc4N4c5ccccc5C5=CCCCC54)c32)C1. The summed E-state index contributed by atoms with van der Waals surface area (Å²) in [6.07, 6.45) is 13.7. The topological polar surface area (TPSA) is 32.0 Å². The molecular weight excluding hydrogens is 571 g/mol. The van der Waals surface area contributed by atoms with Crippen LogP contribution in [0.4, 0.5) is 11.4 Å². The molecule has 2 aliphatic carbocycles. The highest BCUT2D eigenvalue weighted by Crippen LogP contribution is 2.51. The van der Waals surface area contributed by atoms with Crippen molar-refractivity contribution in [2.45, 2.75) is 38.6 Å². The second-order valence-electron chi connectivity index (χ2n) is 13.2. The molecule has 1 aliphatic heterocycles. The summed E-state index contributed by atoms with van der Waals surface area (Å²) in [5.41, 5.74) is 14.6. The van der Waals surface area contributed by atoms with E-state index < -0.39 is 0 Å². The summed E-state index contributed by atoms with van der Waals surface area (Å²) in [6.45, 7) is 2.28. The largest absolute Gasteiger partial charge is 0.333 e. The Morgan fingerprint density at radius 1 is 0.723 bits per heavy atom. The molecule has 0 saturated heterocycles. The molecule has 0 N–H and O–H groups in total. The van der Waals surface area contributed by atoms with Crippen molar-refractivity contribution in [2.75, 3.05) is 4.90 Å². The summed E-state index contributed by atoms with van der Waals surface area (Å²) in [6, 6.07) is 42.3. The molecule has 0 fully saturated rings. The summed E-state index contributed by atoms with van der Waals surface area (Å²) in [7, 11) is 0. The number of fused-ring (bicyclic) bond motifs is 6. The monoisotopic (exact) mass is 605 g/mol. The van der Waals surface area contributed by atoms with E-state index in [1.165, 1.54) is 67.8 Å². The zero-order chi connectivity index (χ0) is 31.5. The Labute approximate surface area is 276 Å². The Bertz CT molecular complexity index is 2360. The molecule has 226 valence electrons. The van der Waals surface area contributed by atoms with Crippen LogP contribution in [-0.2, 0) is 0 Å². The van der Waals surface area contributed by atoms with E-state index in [-0.39, 0.29) is 0 Å². The van der Waals surface area contributed by atoms with Crippen LogP contribution in [0.3, 0.4) is 0 Å². The van der Waals surface area contributed by atoms with Gasteiger partial charge >= 0.3 is 0 Å². The van der Waals surface area contributed by atoms with Crippen molar-refractivity contribution < 1.29 is 0 Å². The number of nitrogens with zero attached hydrogens (tertiary/aromatic N) is 3. The van der Waals surface area contributed by atoms with Gasteiger partial charge in [-0.15, -0.1) is 0 Å². The number of para-hydroxylation sites is 3. The molecule has 1 aromatic heterocycles. The zero-order valence-corrected chi connectivity index (χ0v) is 26.5. The minimum absolute atomic E-state index is 0.350. The summed E-state index contributed by atoms with van der Waals surface area (Å²) in [4.78, 5) is 2.61. The number of benzene rings is 5. The Morgan fingerprint density at radius 2 is 1.43 bits per heavy atom. The van der Waals surface area contributed by atoms with Gasteiger partial charge in [-0.1, -0.05) is 104 Å². The van der Waals surface area contributed by atoms with Gasteiger partial charge < -0.3 is 9.47 Å². The smallest absolute Gasteiger partial charge is 0.0991 e. The number of aromatic nitrogens is 1. The van der Waals surface area contributed by atoms with Crippen molar-refractivity contribution in [1.29, 1.82) is 5.26 Å². The average Bonchev–Trinajstić information content (AvgIpc) is 3.64. The molecular formula is C44H35N3. The normalized spacial score (nSPS) is 18.5. The van der Waals surface area contributed by atoms with E-state index in [0.717, 1.165) is 30.2 Å². The second-order valence-corrected chi connectivity index (χ2v) is 13.2. The predicted molar refractivity (Wildman–Crippen MR) is 196 cm³/mol. The Balaban J connectivity index is 1.30. The van der Waals surface area contributed by atoms with Crippen molar-refractivity contribution in [2.24, 2.45) is 5.92 Å². The number of allylic oxidation sites excluding steroid dienone is 5. The molecule has 0 spiro atoms. The van der Waals surface area contributed by atoms with Gasteiger partial charge in [-0.05, 0) is 84.7 Å². The van der Waals surface area contributed by atoms with Crippen molar-refractivity contribution in [3.05, 3.63) is 145 Å². The average molecular weight is 606 g/mol. The number of nitriles is 1. The number of rotatable bonds is 4. The first-order valence-corrected chi connectivity index (χ1v) is 16.8. The van der Waals surface area contributed by atoms with Crippen LogP contribution in [0.1, 0.15) is 43.7 Å². The minimum Gasteiger partial charge on any atom is -0.333 e. The summed E-state index contributed by atoms with van der Waals surface area (Å²) >= 11 is 0. The molecule has 2 heterocycles. The fourth-order valence-electron chi connectivity index (χ4n) is 8.32. The fraction of sp³-hybridized carbons (Fsp3) is 0.159. The van der Waals surface area contributed by atoms with Crippen LogP contribution in [0.2, 0.25) is 0 Å². The van der Waals surface area contributed by atoms with Gasteiger partial charge in [0.25, 0.3) is 0 Å². The third kappa shape index (κ3) is 4.32. The first-order valence-electron chi connectivity index (χ1n) is 16.8. The van der Waals surface area contributed by atoms with Crippen LogP contribution in [0.5, 0.6) is 0 Å². The van der Waals surface area contributed by atoms with Gasteiger partial charge in [0.05, 0.1) is 28.7 Å². The van der Waals surface area contributed by atoms with Gasteiger partial charge in [-0.2, -0.15) is 5.26 Å². The first-order chi connectivity index (χ1) is 23.2. The number of anilines is 2. The first kappa shape index (κ1) is 27.7. The van der Waals surface area contributed by atoms with Crippen LogP contribution in [0.25, 0.3) is 55.3 Å². The van der Waals surface area contributed by atoms with E-state index in [4.69, 9.17) is 0 Å². The lowest BCUT2D eigenvalue weighted by atomic mass is 9.90. The van der Waals surface area contributed by atoms with E-state index in [2.05, 4.69) is 150 Å². The van der Waals surface area contributed by atoms with E-state index in [1.54, 1.807) is 0 Å². The zero-order valence-electron chi connectivity index (χ0n) is 26.5. The van der Waals surface area contributed by atoms with Crippen LogP contribution in [-0.4, -0.2) is 10.6 Å². The van der Waals surface area contributed by atoms with Crippen LogP contribution >= 0.6 is 0 Å². The Morgan fingerprint density at radius 3 is 2.21 bits per heavy atom.